The van der Waals surface area contributed by atoms with Crippen LogP contribution < -0.4 is 0 Å². The summed E-state index contributed by atoms with van der Waals surface area (Å²) in [5.74, 6) is -0.113. The summed E-state index contributed by atoms with van der Waals surface area (Å²) in [4.78, 5) is 0. The normalized spacial score (nSPS) is 20.9. The third kappa shape index (κ3) is 6.91. The smallest absolute Gasteiger partial charge is 0.166 e. The molecule has 4 aromatic rings. The van der Waals surface area contributed by atoms with Crippen molar-refractivity contribution in [1.82, 2.24) is 0 Å². The highest BCUT2D eigenvalue weighted by Crippen LogP contribution is 2.57. The summed E-state index contributed by atoms with van der Waals surface area (Å²) in [6, 6.07) is 10.5. The average Bonchev–Trinajstić information content (AvgIpc) is 3.54. The Balaban J connectivity index is 1.49. The first-order valence-electron chi connectivity index (χ1n) is 17.1. The molecule has 4 atom stereocenters. The van der Waals surface area contributed by atoms with E-state index in [1.165, 1.54) is 0 Å². The number of benzene rings is 4. The maximum Gasteiger partial charge on any atom is 0.416 e. The predicted molar refractivity (Wildman–Crippen MR) is 182 cm³/mol. The highest BCUT2D eigenvalue weighted by Gasteiger charge is 2.51. The topological polar surface area (TPSA) is 0 Å². The number of fused-ring (bicyclic) bond motifs is 2. The van der Waals surface area contributed by atoms with E-state index in [2.05, 4.69) is 13.1 Å². The molecule has 0 aromatic heterocycles. The van der Waals surface area contributed by atoms with Crippen molar-refractivity contribution in [2.45, 2.75) is 89.4 Å². The van der Waals surface area contributed by atoms with Crippen LogP contribution in [0.5, 0.6) is 0 Å². The Bertz CT molecular complexity index is 1870. The van der Waals surface area contributed by atoms with Gasteiger partial charge in [0.05, 0.1) is 30.3 Å². The van der Waals surface area contributed by atoms with Crippen molar-refractivity contribution in [2.24, 2.45) is 11.8 Å². The summed E-state index contributed by atoms with van der Waals surface area (Å²) < 4.78 is 167. The summed E-state index contributed by atoms with van der Waals surface area (Å²) >= 11 is 0. The molecule has 6 rings (SSSR count). The van der Waals surface area contributed by atoms with Gasteiger partial charge in [0.15, 0.2) is 0 Å². The molecular formula is C40H36F12Si. The molecule has 0 aliphatic heterocycles. The fraction of sp³-hybridized carbons (Fsp3) is 0.400. The molecule has 0 radical (unpaired) electrons. The number of alkyl halides is 12. The van der Waals surface area contributed by atoms with Crippen molar-refractivity contribution in [3.05, 3.63) is 116 Å². The van der Waals surface area contributed by atoms with Crippen LogP contribution in [0.1, 0.15) is 80.6 Å². The van der Waals surface area contributed by atoms with Crippen LogP contribution in [0.2, 0.25) is 13.1 Å². The average molecular weight is 773 g/mol. The standard InChI is InChI=1S/C40H36F12Si/c1-19-7-9-29-31(33(19)23-13-25(37(41,42)43)17-26(14-23)38(44,45)46)11-21(3)35(29)53(5,6)36-22(4)12-32-30(36)10-8-20(2)34(32)24-15-27(39(47,48)49)18-28(16-24)40(50,51)52/h7-10,13-18,21-22,35-36H,11-12H2,1-6H3. The Morgan fingerprint density at radius 1 is 0.472 bits per heavy atom. The van der Waals surface area contributed by atoms with Gasteiger partial charge < -0.3 is 0 Å². The summed E-state index contributed by atoms with van der Waals surface area (Å²) in [5.41, 5.74) is -1.37. The Morgan fingerprint density at radius 3 is 1.02 bits per heavy atom. The molecule has 0 spiro atoms. The minimum Gasteiger partial charge on any atom is -0.166 e. The first-order valence-corrected chi connectivity index (χ1v) is 20.2. The van der Waals surface area contributed by atoms with Crippen LogP contribution in [0.15, 0.2) is 60.7 Å². The third-order valence-electron chi connectivity index (χ3n) is 11.3. The Labute approximate surface area is 300 Å². The number of rotatable bonds is 4. The zero-order valence-corrected chi connectivity index (χ0v) is 30.5. The van der Waals surface area contributed by atoms with Crippen molar-refractivity contribution in [3.63, 3.8) is 0 Å². The number of hydrogen-bond acceptors (Lipinski definition) is 0. The Hall–Kier alpha value is -3.74. The van der Waals surface area contributed by atoms with Crippen molar-refractivity contribution in [1.29, 1.82) is 0 Å². The van der Waals surface area contributed by atoms with Crippen LogP contribution >= 0.6 is 0 Å². The molecule has 53 heavy (non-hydrogen) atoms. The largest absolute Gasteiger partial charge is 0.416 e. The molecule has 0 saturated heterocycles. The monoisotopic (exact) mass is 772 g/mol. The summed E-state index contributed by atoms with van der Waals surface area (Å²) in [6.07, 6.45) is -19.3. The van der Waals surface area contributed by atoms with Gasteiger partial charge in [0, 0.05) is 0 Å². The maximum absolute atomic E-state index is 13.9. The molecule has 4 unspecified atom stereocenters. The molecule has 13 heteroatoms. The quantitative estimate of drug-likeness (QED) is 0.143. The third-order valence-corrected chi connectivity index (χ3v) is 16.3. The lowest BCUT2D eigenvalue weighted by Crippen LogP contribution is -2.45. The van der Waals surface area contributed by atoms with E-state index >= 15 is 0 Å². The maximum atomic E-state index is 13.9. The van der Waals surface area contributed by atoms with Crippen molar-refractivity contribution < 1.29 is 52.7 Å². The van der Waals surface area contributed by atoms with Gasteiger partial charge in [-0.15, -0.1) is 0 Å². The van der Waals surface area contributed by atoms with Crippen LogP contribution in [0.25, 0.3) is 22.3 Å². The summed E-state index contributed by atoms with van der Waals surface area (Å²) in [7, 11) is -2.63. The van der Waals surface area contributed by atoms with E-state index < -0.39 is 55.0 Å². The number of aryl methyl sites for hydroxylation is 2. The second-order valence-electron chi connectivity index (χ2n) is 15.4. The molecule has 0 fully saturated rings. The van der Waals surface area contributed by atoms with Gasteiger partial charge in [-0.1, -0.05) is 51.2 Å². The molecule has 0 saturated carbocycles. The van der Waals surface area contributed by atoms with Crippen molar-refractivity contribution >= 4 is 8.07 Å². The molecule has 2 aliphatic carbocycles. The molecular weight excluding hydrogens is 737 g/mol. The van der Waals surface area contributed by atoms with E-state index in [4.69, 9.17) is 0 Å². The molecule has 0 N–H and O–H groups in total. The molecule has 0 amide bonds. The number of hydrogen-bond donors (Lipinski definition) is 0. The van der Waals surface area contributed by atoms with Gasteiger partial charge in [-0.05, 0) is 142 Å². The van der Waals surface area contributed by atoms with Crippen molar-refractivity contribution in [2.75, 3.05) is 0 Å². The molecule has 4 aromatic carbocycles. The highest BCUT2D eigenvalue weighted by molar-refractivity contribution is 6.80. The molecule has 0 nitrogen and oxygen atoms in total. The number of halogens is 12. The van der Waals surface area contributed by atoms with E-state index in [1.807, 2.05) is 26.0 Å². The lowest BCUT2D eigenvalue weighted by atomic mass is 9.90. The van der Waals surface area contributed by atoms with Crippen LogP contribution in [0, 0.1) is 25.7 Å². The van der Waals surface area contributed by atoms with Crippen LogP contribution in [-0.2, 0) is 37.5 Å². The minimum absolute atomic E-state index is 0.0564. The van der Waals surface area contributed by atoms with E-state index in [1.54, 1.807) is 26.0 Å². The second kappa shape index (κ2) is 12.7. The van der Waals surface area contributed by atoms with Crippen LogP contribution in [-0.4, -0.2) is 8.07 Å². The van der Waals surface area contributed by atoms with Gasteiger partial charge in [-0.2, -0.15) is 52.7 Å². The zero-order chi connectivity index (χ0) is 39.4. The second-order valence-corrected chi connectivity index (χ2v) is 20.3. The SMILES string of the molecule is Cc1ccc2c(c1-c1cc(C(F)(F)F)cc(C(F)(F)F)c1)CC(C)C2[Si](C)(C)C1c2ccc(C)c(-c3cc(C(F)(F)F)cc(C(F)(F)F)c3)c2CC1C. The molecule has 284 valence electrons. The van der Waals surface area contributed by atoms with Crippen LogP contribution in [0.3, 0.4) is 0 Å². The first-order chi connectivity index (χ1) is 24.2. The summed E-state index contributed by atoms with van der Waals surface area (Å²) in [5, 5.41) is 0. The summed E-state index contributed by atoms with van der Waals surface area (Å²) in [6.45, 7) is 11.7. The lowest BCUT2D eigenvalue weighted by Gasteiger charge is -2.41. The van der Waals surface area contributed by atoms with Gasteiger partial charge in [-0.3, -0.25) is 0 Å². The molecule has 2 aliphatic rings. The minimum atomic E-state index is -5.02. The molecule has 0 bridgehead atoms. The lowest BCUT2D eigenvalue weighted by molar-refractivity contribution is -0.144. The van der Waals surface area contributed by atoms with Crippen LogP contribution in [0.4, 0.5) is 52.7 Å². The van der Waals surface area contributed by atoms with E-state index in [-0.39, 0.29) is 46.2 Å². The van der Waals surface area contributed by atoms with E-state index in [0.717, 1.165) is 35.4 Å². The predicted octanol–water partition coefficient (Wildman–Crippen LogP) is 13.8. The fourth-order valence-electron chi connectivity index (χ4n) is 9.54. The van der Waals surface area contributed by atoms with Gasteiger partial charge in [-0.25, -0.2) is 0 Å². The highest BCUT2D eigenvalue weighted by atomic mass is 28.3. The fourth-order valence-corrected chi connectivity index (χ4v) is 15.2. The Morgan fingerprint density at radius 2 is 0.755 bits per heavy atom. The first kappa shape index (κ1) is 39.0. The van der Waals surface area contributed by atoms with E-state index in [0.29, 0.717) is 46.2 Å². The van der Waals surface area contributed by atoms with Gasteiger partial charge >= 0.3 is 24.7 Å². The Kier molecular flexibility index (Phi) is 9.31. The molecule has 0 heterocycles. The van der Waals surface area contributed by atoms with E-state index in [9.17, 15) is 52.7 Å². The van der Waals surface area contributed by atoms with Gasteiger partial charge in [0.1, 0.15) is 0 Å². The van der Waals surface area contributed by atoms with Crippen molar-refractivity contribution in [3.8, 4) is 22.3 Å². The van der Waals surface area contributed by atoms with Gasteiger partial charge in [0.2, 0.25) is 0 Å². The zero-order valence-electron chi connectivity index (χ0n) is 29.5. The van der Waals surface area contributed by atoms with Gasteiger partial charge in [0.25, 0.3) is 0 Å².